The molecule has 8 heteroatoms. The molecule has 0 radical (unpaired) electrons. The Morgan fingerprint density at radius 3 is 2.74 bits per heavy atom. The number of amides is 2. The van der Waals surface area contributed by atoms with Gasteiger partial charge in [-0.15, -0.1) is 0 Å². The average molecular weight is 368 g/mol. The van der Waals surface area contributed by atoms with Crippen LogP contribution in [0.4, 0.5) is 5.82 Å². The molecule has 0 unspecified atom stereocenters. The van der Waals surface area contributed by atoms with E-state index in [1.54, 1.807) is 42.5 Å². The number of hydrogen-bond donors (Lipinski definition) is 2. The molecular formula is C19H20N4O4. The molecule has 2 amide bonds. The number of rotatable bonds is 8. The van der Waals surface area contributed by atoms with Crippen molar-refractivity contribution in [1.82, 2.24) is 10.4 Å². The van der Waals surface area contributed by atoms with Crippen LogP contribution in [0.1, 0.15) is 12.5 Å². The van der Waals surface area contributed by atoms with Crippen LogP contribution in [0.3, 0.4) is 0 Å². The van der Waals surface area contributed by atoms with Crippen LogP contribution in [-0.4, -0.2) is 36.2 Å². The molecule has 1 aromatic heterocycles. The number of ether oxygens (including phenoxy) is 2. The fourth-order valence-corrected chi connectivity index (χ4v) is 1.97. The molecule has 1 aromatic carbocycles. The number of hydrogen-bond acceptors (Lipinski definition) is 6. The monoisotopic (exact) mass is 368 g/mol. The number of nitrogens with zero attached hydrogens (tertiary/aromatic N) is 2. The number of hydrazone groups is 1. The highest BCUT2D eigenvalue weighted by Gasteiger charge is 2.13. The molecule has 8 nitrogen and oxygen atoms in total. The van der Waals surface area contributed by atoms with Crippen LogP contribution >= 0.6 is 0 Å². The highest BCUT2D eigenvalue weighted by Crippen LogP contribution is 2.28. The molecule has 27 heavy (non-hydrogen) atoms. The number of carbonyl (C=O) groups excluding carboxylic acids is 2. The molecule has 2 aromatic rings. The minimum absolute atomic E-state index is 0.276. The van der Waals surface area contributed by atoms with Gasteiger partial charge in [0.2, 0.25) is 0 Å². The lowest BCUT2D eigenvalue weighted by molar-refractivity contribution is -0.136. The van der Waals surface area contributed by atoms with Crippen molar-refractivity contribution in [3.63, 3.8) is 0 Å². The van der Waals surface area contributed by atoms with E-state index in [1.165, 1.54) is 12.4 Å². The Bertz CT molecular complexity index is 822. The van der Waals surface area contributed by atoms with Crippen LogP contribution in [-0.2, 0) is 9.59 Å². The summed E-state index contributed by atoms with van der Waals surface area (Å²) in [6.45, 7) is 6.29. The van der Waals surface area contributed by atoms with Crippen molar-refractivity contribution in [2.24, 2.45) is 5.10 Å². The molecule has 0 spiro atoms. The van der Waals surface area contributed by atoms with Gasteiger partial charge in [-0.3, -0.25) is 9.59 Å². The fourth-order valence-electron chi connectivity index (χ4n) is 1.97. The molecule has 0 bridgehead atoms. The Morgan fingerprint density at radius 1 is 1.19 bits per heavy atom. The van der Waals surface area contributed by atoms with Crippen molar-refractivity contribution in [2.75, 3.05) is 18.5 Å². The second kappa shape index (κ2) is 10.3. The minimum Gasteiger partial charge on any atom is -0.490 e. The summed E-state index contributed by atoms with van der Waals surface area (Å²) < 4.78 is 11.0. The summed E-state index contributed by atoms with van der Waals surface area (Å²) in [6.07, 6.45) is 4.53. The molecule has 0 aliphatic rings. The van der Waals surface area contributed by atoms with Crippen molar-refractivity contribution in [3.8, 4) is 11.5 Å². The molecule has 2 N–H and O–H groups in total. The summed E-state index contributed by atoms with van der Waals surface area (Å²) in [5.41, 5.74) is 2.82. The Labute approximate surface area is 156 Å². The Kier molecular flexibility index (Phi) is 7.52. The van der Waals surface area contributed by atoms with Gasteiger partial charge >= 0.3 is 11.8 Å². The third-order valence-electron chi connectivity index (χ3n) is 3.12. The maximum Gasteiger partial charge on any atom is 0.329 e. The minimum atomic E-state index is -0.909. The molecule has 0 saturated carbocycles. The molecule has 0 aliphatic heterocycles. The van der Waals surface area contributed by atoms with Crippen molar-refractivity contribution in [1.29, 1.82) is 0 Å². The first kappa shape index (κ1) is 19.6. The molecule has 0 fully saturated rings. The third-order valence-corrected chi connectivity index (χ3v) is 3.12. The van der Waals surface area contributed by atoms with E-state index in [-0.39, 0.29) is 5.82 Å². The van der Waals surface area contributed by atoms with Gasteiger partial charge in [0.15, 0.2) is 11.5 Å². The van der Waals surface area contributed by atoms with Gasteiger partial charge in [0.1, 0.15) is 12.4 Å². The van der Waals surface area contributed by atoms with Gasteiger partial charge in [-0.25, -0.2) is 10.4 Å². The maximum atomic E-state index is 11.8. The average Bonchev–Trinajstić information content (AvgIpc) is 2.68. The van der Waals surface area contributed by atoms with Gasteiger partial charge < -0.3 is 14.8 Å². The zero-order valence-electron chi connectivity index (χ0n) is 14.8. The molecular weight excluding hydrogens is 348 g/mol. The van der Waals surface area contributed by atoms with Gasteiger partial charge in [-0.1, -0.05) is 18.7 Å². The van der Waals surface area contributed by atoms with Gasteiger partial charge in [0.25, 0.3) is 0 Å². The molecule has 2 rings (SSSR count). The largest absolute Gasteiger partial charge is 0.490 e. The lowest BCUT2D eigenvalue weighted by Crippen LogP contribution is -2.32. The van der Waals surface area contributed by atoms with Gasteiger partial charge in [0, 0.05) is 6.20 Å². The van der Waals surface area contributed by atoms with Gasteiger partial charge in [-0.2, -0.15) is 5.10 Å². The van der Waals surface area contributed by atoms with Crippen LogP contribution < -0.4 is 20.2 Å². The van der Waals surface area contributed by atoms with Crippen molar-refractivity contribution in [3.05, 3.63) is 60.8 Å². The molecule has 140 valence electrons. The third kappa shape index (κ3) is 6.28. The second-order valence-corrected chi connectivity index (χ2v) is 5.11. The van der Waals surface area contributed by atoms with Crippen LogP contribution in [0.2, 0.25) is 0 Å². The van der Waals surface area contributed by atoms with Crippen LogP contribution in [0.15, 0.2) is 60.4 Å². The number of carbonyl (C=O) groups is 2. The Hall–Kier alpha value is -3.68. The van der Waals surface area contributed by atoms with E-state index in [0.29, 0.717) is 30.3 Å². The van der Waals surface area contributed by atoms with Crippen LogP contribution in [0.25, 0.3) is 0 Å². The van der Waals surface area contributed by atoms with E-state index in [9.17, 15) is 9.59 Å². The Balaban J connectivity index is 1.96. The van der Waals surface area contributed by atoms with E-state index >= 15 is 0 Å². The van der Waals surface area contributed by atoms with Gasteiger partial charge in [0.05, 0.1) is 12.8 Å². The summed E-state index contributed by atoms with van der Waals surface area (Å²) in [5.74, 6) is -0.379. The molecule has 0 atom stereocenters. The summed E-state index contributed by atoms with van der Waals surface area (Å²) >= 11 is 0. The predicted molar refractivity (Wildman–Crippen MR) is 102 cm³/mol. The molecule has 1 heterocycles. The fraction of sp³-hybridized carbons (Fsp3) is 0.158. The standard InChI is InChI=1S/C19H20N4O4/c1-3-11-27-15-9-8-14(12-16(15)26-4-2)13-21-23-19(25)18(24)22-17-7-5-6-10-20-17/h3,5-10,12-13H,1,4,11H2,2H3,(H,23,25)(H,20,22,24)/b21-13+. The first-order chi connectivity index (χ1) is 13.1. The Morgan fingerprint density at radius 2 is 2.04 bits per heavy atom. The highest BCUT2D eigenvalue weighted by atomic mass is 16.5. The molecule has 0 saturated heterocycles. The normalized spacial score (nSPS) is 10.3. The van der Waals surface area contributed by atoms with Crippen LogP contribution in [0, 0.1) is 0 Å². The van der Waals surface area contributed by atoms with Crippen LogP contribution in [0.5, 0.6) is 11.5 Å². The van der Waals surface area contributed by atoms with E-state index in [1.807, 2.05) is 6.92 Å². The predicted octanol–water partition coefficient (Wildman–Crippen LogP) is 2.13. The summed E-state index contributed by atoms with van der Waals surface area (Å²) in [5, 5.41) is 6.14. The summed E-state index contributed by atoms with van der Waals surface area (Å²) in [4.78, 5) is 27.4. The second-order valence-electron chi connectivity index (χ2n) is 5.11. The first-order valence-electron chi connectivity index (χ1n) is 8.20. The number of nitrogens with one attached hydrogen (secondary N) is 2. The highest BCUT2D eigenvalue weighted by molar-refractivity contribution is 6.39. The van der Waals surface area contributed by atoms with E-state index in [4.69, 9.17) is 9.47 Å². The smallest absolute Gasteiger partial charge is 0.329 e. The van der Waals surface area contributed by atoms with Gasteiger partial charge in [-0.05, 0) is 42.8 Å². The quantitative estimate of drug-likeness (QED) is 0.322. The lowest BCUT2D eigenvalue weighted by Gasteiger charge is -2.11. The zero-order valence-corrected chi connectivity index (χ0v) is 14.8. The van der Waals surface area contributed by atoms with Crippen molar-refractivity contribution >= 4 is 23.8 Å². The van der Waals surface area contributed by atoms with E-state index in [2.05, 4.69) is 27.4 Å². The topological polar surface area (TPSA) is 102 Å². The maximum absolute atomic E-state index is 11.8. The SMILES string of the molecule is C=CCOc1ccc(/C=N/NC(=O)C(=O)Nc2ccccn2)cc1OCC. The van der Waals surface area contributed by atoms with E-state index in [0.717, 1.165) is 0 Å². The van der Waals surface area contributed by atoms with Crippen molar-refractivity contribution in [2.45, 2.75) is 6.92 Å². The summed E-state index contributed by atoms with van der Waals surface area (Å²) in [6, 6.07) is 10.1. The lowest BCUT2D eigenvalue weighted by atomic mass is 10.2. The summed E-state index contributed by atoms with van der Waals surface area (Å²) in [7, 11) is 0. The van der Waals surface area contributed by atoms with Crippen molar-refractivity contribution < 1.29 is 19.1 Å². The number of aromatic nitrogens is 1. The van der Waals surface area contributed by atoms with E-state index < -0.39 is 11.8 Å². The number of pyridine rings is 1. The number of anilines is 1. The molecule has 0 aliphatic carbocycles. The number of benzene rings is 1. The first-order valence-corrected chi connectivity index (χ1v) is 8.20. The zero-order chi connectivity index (χ0) is 19.5.